The van der Waals surface area contributed by atoms with Gasteiger partial charge in [-0.2, -0.15) is 0 Å². The standard InChI is InChI=1S/C17H24N4O2/c1-2-20-12-17(10-15(20)22)11-18-8-9-21(13-17)16(23)19-14-6-4-3-5-7-14/h3-7,18H,2,8-13H2,1H3,(H,19,23)/t17-/m0/s1. The van der Waals surface area contributed by atoms with Gasteiger partial charge in [0.05, 0.1) is 0 Å². The summed E-state index contributed by atoms with van der Waals surface area (Å²) in [5.74, 6) is 0.194. The highest BCUT2D eigenvalue weighted by atomic mass is 16.2. The van der Waals surface area contributed by atoms with Crippen LogP contribution in [0.4, 0.5) is 10.5 Å². The van der Waals surface area contributed by atoms with Gasteiger partial charge in [-0.3, -0.25) is 4.79 Å². The summed E-state index contributed by atoms with van der Waals surface area (Å²) in [7, 11) is 0. The van der Waals surface area contributed by atoms with Crippen molar-refractivity contribution in [1.82, 2.24) is 15.1 Å². The molecule has 0 bridgehead atoms. The molecule has 1 aromatic rings. The van der Waals surface area contributed by atoms with Crippen molar-refractivity contribution < 1.29 is 9.59 Å². The van der Waals surface area contributed by atoms with Crippen LogP contribution in [-0.2, 0) is 4.79 Å². The van der Waals surface area contributed by atoms with Gasteiger partial charge >= 0.3 is 6.03 Å². The first-order chi connectivity index (χ1) is 11.1. The molecule has 0 unspecified atom stereocenters. The van der Waals surface area contributed by atoms with Crippen LogP contribution in [0.3, 0.4) is 0 Å². The molecule has 1 spiro atoms. The second-order valence-corrected chi connectivity index (χ2v) is 6.48. The molecule has 2 heterocycles. The van der Waals surface area contributed by atoms with Crippen LogP contribution in [0.25, 0.3) is 0 Å². The van der Waals surface area contributed by atoms with E-state index in [0.717, 1.165) is 31.9 Å². The topological polar surface area (TPSA) is 64.7 Å². The lowest BCUT2D eigenvalue weighted by atomic mass is 9.86. The van der Waals surface area contributed by atoms with Crippen LogP contribution in [0.5, 0.6) is 0 Å². The fourth-order valence-electron chi connectivity index (χ4n) is 3.50. The van der Waals surface area contributed by atoms with Gasteiger partial charge in [-0.1, -0.05) is 18.2 Å². The molecule has 3 amide bonds. The first kappa shape index (κ1) is 15.8. The van der Waals surface area contributed by atoms with Crippen LogP contribution < -0.4 is 10.6 Å². The summed E-state index contributed by atoms with van der Waals surface area (Å²) < 4.78 is 0. The largest absolute Gasteiger partial charge is 0.342 e. The molecular formula is C17H24N4O2. The van der Waals surface area contributed by atoms with Crippen LogP contribution in [0, 0.1) is 5.41 Å². The number of likely N-dealkylation sites (tertiary alicyclic amines) is 1. The summed E-state index contributed by atoms with van der Waals surface area (Å²) in [5, 5.41) is 6.34. The summed E-state index contributed by atoms with van der Waals surface area (Å²) >= 11 is 0. The third-order valence-electron chi connectivity index (χ3n) is 4.68. The lowest BCUT2D eigenvalue weighted by Gasteiger charge is -2.31. The maximum Gasteiger partial charge on any atom is 0.321 e. The van der Waals surface area contributed by atoms with Crippen molar-refractivity contribution in [2.24, 2.45) is 5.41 Å². The molecular weight excluding hydrogens is 292 g/mol. The summed E-state index contributed by atoms with van der Waals surface area (Å²) in [4.78, 5) is 28.4. The average Bonchev–Trinajstić information content (AvgIpc) is 2.73. The molecule has 2 N–H and O–H groups in total. The Bertz CT molecular complexity index is 577. The zero-order valence-corrected chi connectivity index (χ0v) is 13.5. The first-order valence-corrected chi connectivity index (χ1v) is 8.21. The number of amides is 3. The maximum absolute atomic E-state index is 12.6. The number of para-hydroxylation sites is 1. The molecule has 124 valence electrons. The Morgan fingerprint density at radius 1 is 1.30 bits per heavy atom. The van der Waals surface area contributed by atoms with E-state index >= 15 is 0 Å². The molecule has 6 nitrogen and oxygen atoms in total. The molecule has 1 aromatic carbocycles. The van der Waals surface area contributed by atoms with Gasteiger partial charge in [-0.05, 0) is 19.1 Å². The molecule has 0 radical (unpaired) electrons. The van der Waals surface area contributed by atoms with Gasteiger partial charge in [0.2, 0.25) is 5.91 Å². The predicted octanol–water partition coefficient (Wildman–Crippen LogP) is 1.36. The second-order valence-electron chi connectivity index (χ2n) is 6.48. The van der Waals surface area contributed by atoms with Crippen molar-refractivity contribution in [3.05, 3.63) is 30.3 Å². The lowest BCUT2D eigenvalue weighted by molar-refractivity contribution is -0.127. The molecule has 2 aliphatic rings. The number of benzene rings is 1. The molecule has 3 rings (SSSR count). The number of nitrogens with zero attached hydrogens (tertiary/aromatic N) is 2. The average molecular weight is 316 g/mol. The number of hydrogen-bond acceptors (Lipinski definition) is 3. The third kappa shape index (κ3) is 3.47. The maximum atomic E-state index is 12.6. The highest BCUT2D eigenvalue weighted by Gasteiger charge is 2.45. The van der Waals surface area contributed by atoms with Crippen LogP contribution in [-0.4, -0.2) is 61.0 Å². The van der Waals surface area contributed by atoms with Gasteiger partial charge in [0.25, 0.3) is 0 Å². The number of anilines is 1. The van der Waals surface area contributed by atoms with E-state index < -0.39 is 0 Å². The highest BCUT2D eigenvalue weighted by Crippen LogP contribution is 2.33. The lowest BCUT2D eigenvalue weighted by Crippen LogP contribution is -2.45. The predicted molar refractivity (Wildman–Crippen MR) is 89.2 cm³/mol. The molecule has 2 saturated heterocycles. The highest BCUT2D eigenvalue weighted by molar-refractivity contribution is 5.89. The van der Waals surface area contributed by atoms with E-state index in [1.165, 1.54) is 0 Å². The minimum Gasteiger partial charge on any atom is -0.342 e. The number of urea groups is 1. The van der Waals surface area contributed by atoms with Gasteiger partial charge in [0.15, 0.2) is 0 Å². The zero-order valence-electron chi connectivity index (χ0n) is 13.5. The minimum absolute atomic E-state index is 0.0957. The molecule has 23 heavy (non-hydrogen) atoms. The van der Waals surface area contributed by atoms with Crippen LogP contribution >= 0.6 is 0 Å². The molecule has 2 fully saturated rings. The van der Waals surface area contributed by atoms with Gasteiger partial charge in [0.1, 0.15) is 0 Å². The summed E-state index contributed by atoms with van der Waals surface area (Å²) in [5.41, 5.74) is 0.624. The number of hydrogen-bond donors (Lipinski definition) is 2. The van der Waals surface area contributed by atoms with E-state index in [1.807, 2.05) is 47.1 Å². The monoisotopic (exact) mass is 316 g/mol. The van der Waals surface area contributed by atoms with Crippen molar-refractivity contribution in [2.75, 3.05) is 44.6 Å². The Labute approximate surface area is 136 Å². The summed E-state index contributed by atoms with van der Waals surface area (Å²) in [6.07, 6.45) is 0.517. The van der Waals surface area contributed by atoms with E-state index in [0.29, 0.717) is 19.5 Å². The Kier molecular flexibility index (Phi) is 4.52. The molecule has 0 saturated carbocycles. The first-order valence-electron chi connectivity index (χ1n) is 8.21. The van der Waals surface area contributed by atoms with E-state index in [1.54, 1.807) is 0 Å². The Morgan fingerprint density at radius 3 is 2.78 bits per heavy atom. The van der Waals surface area contributed by atoms with Crippen molar-refractivity contribution in [3.63, 3.8) is 0 Å². The number of carbonyl (C=O) groups excluding carboxylic acids is 2. The minimum atomic E-state index is -0.169. The van der Waals surface area contributed by atoms with Gasteiger partial charge < -0.3 is 20.4 Å². The molecule has 6 heteroatoms. The normalized spacial score (nSPS) is 24.8. The third-order valence-corrected chi connectivity index (χ3v) is 4.68. The van der Waals surface area contributed by atoms with Crippen LogP contribution in [0.2, 0.25) is 0 Å². The summed E-state index contributed by atoms with van der Waals surface area (Å²) in [6, 6.07) is 9.38. The smallest absolute Gasteiger partial charge is 0.321 e. The van der Waals surface area contributed by atoms with Crippen LogP contribution in [0.1, 0.15) is 13.3 Å². The van der Waals surface area contributed by atoms with E-state index in [-0.39, 0.29) is 17.4 Å². The number of nitrogens with one attached hydrogen (secondary N) is 2. The Morgan fingerprint density at radius 2 is 2.09 bits per heavy atom. The quantitative estimate of drug-likeness (QED) is 0.866. The Balaban J connectivity index is 1.70. The molecule has 1 atom stereocenters. The molecule has 0 aromatic heterocycles. The van der Waals surface area contributed by atoms with Crippen molar-refractivity contribution in [2.45, 2.75) is 13.3 Å². The Hall–Kier alpha value is -2.08. The SMILES string of the molecule is CCN1C[C@@]2(CNCCN(C(=O)Nc3ccccc3)C2)CC1=O. The van der Waals surface area contributed by atoms with Gasteiger partial charge in [0, 0.05) is 56.8 Å². The number of rotatable bonds is 2. The van der Waals surface area contributed by atoms with E-state index in [4.69, 9.17) is 0 Å². The molecule has 2 aliphatic heterocycles. The van der Waals surface area contributed by atoms with Crippen LogP contribution in [0.15, 0.2) is 30.3 Å². The second kappa shape index (κ2) is 6.58. The van der Waals surface area contributed by atoms with E-state index in [2.05, 4.69) is 10.6 Å². The zero-order chi connectivity index (χ0) is 16.3. The van der Waals surface area contributed by atoms with Crippen molar-refractivity contribution in [1.29, 1.82) is 0 Å². The number of carbonyl (C=O) groups is 2. The van der Waals surface area contributed by atoms with Crippen molar-refractivity contribution in [3.8, 4) is 0 Å². The van der Waals surface area contributed by atoms with Crippen molar-refractivity contribution >= 4 is 17.6 Å². The fraction of sp³-hybridized carbons (Fsp3) is 0.529. The van der Waals surface area contributed by atoms with E-state index in [9.17, 15) is 9.59 Å². The van der Waals surface area contributed by atoms with Gasteiger partial charge in [-0.25, -0.2) is 4.79 Å². The fourth-order valence-corrected chi connectivity index (χ4v) is 3.50. The summed E-state index contributed by atoms with van der Waals surface area (Å²) in [6.45, 7) is 6.26. The van der Waals surface area contributed by atoms with Gasteiger partial charge in [-0.15, -0.1) is 0 Å². The molecule has 0 aliphatic carbocycles.